The molecule has 2 aromatic rings. The van der Waals surface area contributed by atoms with Gasteiger partial charge in [-0.2, -0.15) is 4.90 Å². The molecule has 0 saturated heterocycles. The van der Waals surface area contributed by atoms with Crippen LogP contribution in [0.5, 0.6) is 0 Å². The van der Waals surface area contributed by atoms with Gasteiger partial charge < -0.3 is 0 Å². The number of hydrogen-bond acceptors (Lipinski definition) is 1. The third-order valence-corrected chi connectivity index (χ3v) is 7.09. The number of hydrogen-bond donors (Lipinski definition) is 1. The highest BCUT2D eigenvalue weighted by atomic mass is 35.5. The van der Waals surface area contributed by atoms with Crippen molar-refractivity contribution in [2.75, 3.05) is 10.8 Å². The summed E-state index contributed by atoms with van der Waals surface area (Å²) in [7, 11) is 0. The Bertz CT molecular complexity index is 966. The van der Waals surface area contributed by atoms with Crippen molar-refractivity contribution in [3.8, 4) is 0 Å². The zero-order valence-corrected chi connectivity index (χ0v) is 23.5. The minimum atomic E-state index is -0.712. The highest BCUT2D eigenvalue weighted by Crippen LogP contribution is 2.37. The fourth-order valence-electron chi connectivity index (χ4n) is 4.24. The van der Waals surface area contributed by atoms with Gasteiger partial charge in [0.15, 0.2) is 0 Å². The number of nitrogens with zero attached hydrogens (tertiary/aromatic N) is 1. The average molecular weight is 484 g/mol. The summed E-state index contributed by atoms with van der Waals surface area (Å²) in [5.74, 6) is 1.48. The van der Waals surface area contributed by atoms with Gasteiger partial charge in [-0.3, -0.25) is 0 Å². The number of rotatable bonds is 9. The van der Waals surface area contributed by atoms with Gasteiger partial charge in [-0.15, -0.1) is 11.6 Å². The van der Waals surface area contributed by atoms with Gasteiger partial charge in [0, 0.05) is 28.1 Å². The number of nitrogens with one attached hydrogen (secondary N) is 1. The fourth-order valence-corrected chi connectivity index (χ4v) is 4.36. The molecule has 1 amide bonds. The van der Waals surface area contributed by atoms with E-state index in [1.54, 1.807) is 0 Å². The molecule has 34 heavy (non-hydrogen) atoms. The van der Waals surface area contributed by atoms with Gasteiger partial charge in [-0.1, -0.05) is 91.8 Å². The summed E-state index contributed by atoms with van der Waals surface area (Å²) in [6, 6.07) is 12.8. The van der Waals surface area contributed by atoms with Crippen LogP contribution in [-0.4, -0.2) is 18.1 Å². The Hall–Kier alpha value is -2.13. The Balaban J connectivity index is 2.85. The summed E-state index contributed by atoms with van der Waals surface area (Å²) in [6.07, 6.45) is 1.87. The lowest BCUT2D eigenvalue weighted by Gasteiger charge is -2.27. The van der Waals surface area contributed by atoms with E-state index >= 15 is 0 Å². The first-order chi connectivity index (χ1) is 15.8. The molecular formula is C30H44ClN2O+. The number of benzene rings is 2. The molecule has 0 fully saturated rings. The molecule has 0 heterocycles. The van der Waals surface area contributed by atoms with Crippen molar-refractivity contribution in [2.24, 2.45) is 5.41 Å². The van der Waals surface area contributed by atoms with Crippen LogP contribution in [0.15, 0.2) is 36.4 Å². The van der Waals surface area contributed by atoms with Crippen molar-refractivity contribution < 1.29 is 9.79 Å². The van der Waals surface area contributed by atoms with E-state index in [-0.39, 0.29) is 23.6 Å². The maximum Gasteiger partial charge on any atom is 0.321 e. The maximum atomic E-state index is 14.0. The molecule has 0 spiro atoms. The molecule has 0 atom stereocenters. The highest BCUT2D eigenvalue weighted by molar-refractivity contribution is 6.22. The predicted molar refractivity (Wildman–Crippen MR) is 148 cm³/mol. The van der Waals surface area contributed by atoms with Gasteiger partial charge in [-0.25, -0.2) is 9.79 Å². The number of carbonyl (C=O) groups excluding carboxylic acids is 1. The first-order valence-corrected chi connectivity index (χ1v) is 13.1. The summed E-state index contributed by atoms with van der Waals surface area (Å²) < 4.78 is 0. The van der Waals surface area contributed by atoms with Crippen molar-refractivity contribution in [1.82, 2.24) is 0 Å². The first-order valence-electron chi connectivity index (χ1n) is 12.6. The zero-order valence-electron chi connectivity index (χ0n) is 22.8. The lowest BCUT2D eigenvalue weighted by atomic mass is 9.89. The first kappa shape index (κ1) is 28.1. The lowest BCUT2D eigenvalue weighted by molar-refractivity contribution is -0.350. The number of anilines is 1. The number of halogens is 1. The molecule has 0 aromatic heterocycles. The summed E-state index contributed by atoms with van der Waals surface area (Å²) in [5.41, 5.74) is 6.14. The smallest absolute Gasteiger partial charge is 0.246 e. The van der Waals surface area contributed by atoms with Gasteiger partial charge in [0.05, 0.1) is 5.41 Å². The van der Waals surface area contributed by atoms with Gasteiger partial charge in [0.2, 0.25) is 6.34 Å². The van der Waals surface area contributed by atoms with E-state index in [1.165, 1.54) is 11.1 Å². The summed E-state index contributed by atoms with van der Waals surface area (Å²) >= 11 is 6.29. The van der Waals surface area contributed by atoms with Crippen molar-refractivity contribution in [1.29, 1.82) is 0 Å². The molecule has 3 nitrogen and oxygen atoms in total. The summed E-state index contributed by atoms with van der Waals surface area (Å²) in [4.78, 5) is 19.4. The topological polar surface area (TPSA) is 34.3 Å². The minimum Gasteiger partial charge on any atom is -0.246 e. The average Bonchev–Trinajstić information content (AvgIpc) is 2.78. The van der Waals surface area contributed by atoms with Crippen LogP contribution in [0.1, 0.15) is 115 Å². The van der Waals surface area contributed by atoms with E-state index in [0.29, 0.717) is 11.8 Å². The fraction of sp³-hybridized carbons (Fsp3) is 0.533. The van der Waals surface area contributed by atoms with Crippen LogP contribution in [0.25, 0.3) is 0 Å². The van der Waals surface area contributed by atoms with E-state index in [0.717, 1.165) is 22.5 Å². The van der Waals surface area contributed by atoms with Gasteiger partial charge in [0.25, 0.3) is 0 Å². The molecule has 4 heteroatoms. The summed E-state index contributed by atoms with van der Waals surface area (Å²) in [5, 5.41) is 0. The van der Waals surface area contributed by atoms with Crippen LogP contribution in [-0.2, 0) is 4.79 Å². The second-order valence-corrected chi connectivity index (χ2v) is 11.4. The number of carbonyl (C=O) groups is 1. The quantitative estimate of drug-likeness (QED) is 0.228. The molecule has 0 unspecified atom stereocenters. The predicted octanol–water partition coefficient (Wildman–Crippen LogP) is 7.22. The van der Waals surface area contributed by atoms with E-state index in [1.807, 2.05) is 25.1 Å². The zero-order chi connectivity index (χ0) is 25.8. The Labute approximate surface area is 212 Å². The van der Waals surface area contributed by atoms with Crippen LogP contribution < -0.4 is 9.89 Å². The van der Waals surface area contributed by atoms with Crippen molar-refractivity contribution in [3.63, 3.8) is 0 Å². The molecule has 2 aromatic carbocycles. The van der Waals surface area contributed by atoms with Crippen LogP contribution >= 0.6 is 11.6 Å². The normalized spacial score (nSPS) is 12.6. The van der Waals surface area contributed by atoms with Crippen molar-refractivity contribution in [2.45, 2.75) is 92.9 Å². The molecule has 0 aliphatic heterocycles. The SMILES string of the molecule is CC(C)c1cccc(C(C)C)c1[NH+]=CN(C(=O)C(C)(C)CCl)c1c(C(C)C)cccc1C(C)C. The molecule has 0 radical (unpaired) electrons. The number of para-hydroxylation sites is 2. The highest BCUT2D eigenvalue weighted by Gasteiger charge is 2.39. The Morgan fingerprint density at radius 1 is 0.824 bits per heavy atom. The van der Waals surface area contributed by atoms with Crippen LogP contribution in [0.4, 0.5) is 11.4 Å². The number of alkyl halides is 1. The van der Waals surface area contributed by atoms with Gasteiger partial charge in [0.1, 0.15) is 11.4 Å². The Morgan fingerprint density at radius 3 is 1.56 bits per heavy atom. The Kier molecular flexibility index (Phi) is 9.53. The second-order valence-electron chi connectivity index (χ2n) is 11.2. The monoisotopic (exact) mass is 483 g/mol. The van der Waals surface area contributed by atoms with Crippen molar-refractivity contribution >= 4 is 35.2 Å². The molecule has 0 saturated carbocycles. The van der Waals surface area contributed by atoms with E-state index < -0.39 is 5.41 Å². The second kappa shape index (κ2) is 11.5. The van der Waals surface area contributed by atoms with Crippen LogP contribution in [0.3, 0.4) is 0 Å². The minimum absolute atomic E-state index is 0.0156. The molecule has 0 bridgehead atoms. The molecule has 0 aliphatic carbocycles. The van der Waals surface area contributed by atoms with E-state index in [4.69, 9.17) is 11.6 Å². The molecule has 0 aliphatic rings. The maximum absolute atomic E-state index is 14.0. The lowest BCUT2D eigenvalue weighted by Crippen LogP contribution is -2.67. The van der Waals surface area contributed by atoms with Gasteiger partial charge in [-0.05, 0) is 37.5 Å². The van der Waals surface area contributed by atoms with Crippen LogP contribution in [0.2, 0.25) is 0 Å². The molecule has 1 N–H and O–H groups in total. The van der Waals surface area contributed by atoms with Gasteiger partial charge >= 0.3 is 5.91 Å². The third-order valence-electron chi connectivity index (χ3n) is 6.43. The largest absolute Gasteiger partial charge is 0.321 e. The molecule has 2 rings (SSSR count). The summed E-state index contributed by atoms with van der Waals surface area (Å²) in [6.45, 7) is 21.4. The van der Waals surface area contributed by atoms with Crippen molar-refractivity contribution in [3.05, 3.63) is 58.7 Å². The Morgan fingerprint density at radius 2 is 1.21 bits per heavy atom. The van der Waals surface area contributed by atoms with E-state index in [9.17, 15) is 4.79 Å². The number of amides is 1. The third kappa shape index (κ3) is 6.10. The van der Waals surface area contributed by atoms with Crippen LogP contribution in [0, 0.1) is 5.41 Å². The molecule has 186 valence electrons. The van der Waals surface area contributed by atoms with E-state index in [2.05, 4.69) is 96.8 Å². The molecular weight excluding hydrogens is 440 g/mol. The standard InChI is InChI=1S/C30H43ClN2O/c1-19(2)23-13-11-14-24(20(3)4)27(23)32-18-33(29(34)30(9,10)17-31)28-25(21(5)6)15-12-16-26(28)22(7)8/h11-16,18-22H,17H2,1-10H3/p+1.